The molecule has 7 nitrogen and oxygen atoms in total. The first-order valence-corrected chi connectivity index (χ1v) is 10.7. The SMILES string of the molecule is Cc1cc([N+](=O)[O-])cc(S(=O)(=O)N2CCN(Cc3cccc(Cl)c3)CC2)c1C. The number of non-ortho nitro benzene ring substituents is 1. The lowest BCUT2D eigenvalue weighted by atomic mass is 10.1. The Morgan fingerprint density at radius 1 is 1.11 bits per heavy atom. The number of benzene rings is 2. The third-order valence-corrected chi connectivity index (χ3v) is 7.32. The van der Waals surface area contributed by atoms with Crippen molar-refractivity contribution in [1.29, 1.82) is 0 Å². The van der Waals surface area contributed by atoms with Crippen LogP contribution in [0.5, 0.6) is 0 Å². The second kappa shape index (κ2) is 8.16. The van der Waals surface area contributed by atoms with Crippen LogP contribution < -0.4 is 0 Å². The Balaban J connectivity index is 1.75. The zero-order chi connectivity index (χ0) is 20.5. The van der Waals surface area contributed by atoms with E-state index in [1.165, 1.54) is 10.4 Å². The molecule has 0 spiro atoms. The van der Waals surface area contributed by atoms with E-state index in [2.05, 4.69) is 4.90 Å². The Bertz CT molecular complexity index is 1000. The van der Waals surface area contributed by atoms with Gasteiger partial charge in [-0.05, 0) is 42.7 Å². The fourth-order valence-corrected chi connectivity index (χ4v) is 5.30. The summed E-state index contributed by atoms with van der Waals surface area (Å²) in [5.74, 6) is 0. The highest BCUT2D eigenvalue weighted by Gasteiger charge is 2.31. The van der Waals surface area contributed by atoms with Gasteiger partial charge >= 0.3 is 0 Å². The monoisotopic (exact) mass is 423 g/mol. The summed E-state index contributed by atoms with van der Waals surface area (Å²) in [5.41, 5.74) is 2.01. The molecule has 0 amide bonds. The van der Waals surface area contributed by atoms with Gasteiger partial charge in [-0.3, -0.25) is 15.0 Å². The zero-order valence-corrected chi connectivity index (χ0v) is 17.3. The summed E-state index contributed by atoms with van der Waals surface area (Å²) in [4.78, 5) is 12.8. The first kappa shape index (κ1) is 20.7. The summed E-state index contributed by atoms with van der Waals surface area (Å²) in [6.07, 6.45) is 0. The lowest BCUT2D eigenvalue weighted by molar-refractivity contribution is -0.385. The number of hydrogen-bond acceptors (Lipinski definition) is 5. The van der Waals surface area contributed by atoms with E-state index < -0.39 is 14.9 Å². The summed E-state index contributed by atoms with van der Waals surface area (Å²) >= 11 is 6.02. The van der Waals surface area contributed by atoms with Gasteiger partial charge in [0.05, 0.1) is 9.82 Å². The first-order valence-electron chi connectivity index (χ1n) is 8.91. The molecule has 0 aromatic heterocycles. The maximum atomic E-state index is 13.1. The molecule has 9 heteroatoms. The van der Waals surface area contributed by atoms with E-state index in [-0.39, 0.29) is 10.6 Å². The van der Waals surface area contributed by atoms with Crippen molar-refractivity contribution < 1.29 is 13.3 Å². The van der Waals surface area contributed by atoms with Gasteiger partial charge in [-0.1, -0.05) is 23.7 Å². The van der Waals surface area contributed by atoms with Crippen LogP contribution in [0.25, 0.3) is 0 Å². The van der Waals surface area contributed by atoms with Crippen LogP contribution in [0.15, 0.2) is 41.3 Å². The van der Waals surface area contributed by atoms with E-state index in [1.807, 2.05) is 24.3 Å². The van der Waals surface area contributed by atoms with Gasteiger partial charge in [0.15, 0.2) is 0 Å². The van der Waals surface area contributed by atoms with Crippen LogP contribution in [-0.4, -0.2) is 48.7 Å². The predicted octanol–water partition coefficient (Wildman–Crippen LogP) is 3.37. The average molecular weight is 424 g/mol. The molecule has 150 valence electrons. The van der Waals surface area contributed by atoms with Crippen molar-refractivity contribution in [2.24, 2.45) is 0 Å². The van der Waals surface area contributed by atoms with Crippen LogP contribution in [0.3, 0.4) is 0 Å². The van der Waals surface area contributed by atoms with Gasteiger partial charge in [0, 0.05) is 49.9 Å². The van der Waals surface area contributed by atoms with E-state index in [1.54, 1.807) is 13.8 Å². The zero-order valence-electron chi connectivity index (χ0n) is 15.8. The number of rotatable bonds is 5. The van der Waals surface area contributed by atoms with Crippen molar-refractivity contribution in [1.82, 2.24) is 9.21 Å². The summed E-state index contributed by atoms with van der Waals surface area (Å²) in [6.45, 7) is 5.90. The highest BCUT2D eigenvalue weighted by atomic mass is 35.5. The van der Waals surface area contributed by atoms with Crippen LogP contribution in [0.2, 0.25) is 5.02 Å². The van der Waals surface area contributed by atoms with Gasteiger partial charge in [0.2, 0.25) is 10.0 Å². The third kappa shape index (κ3) is 4.35. The van der Waals surface area contributed by atoms with Crippen molar-refractivity contribution in [2.75, 3.05) is 26.2 Å². The van der Waals surface area contributed by atoms with Crippen molar-refractivity contribution in [3.63, 3.8) is 0 Å². The molecule has 28 heavy (non-hydrogen) atoms. The van der Waals surface area contributed by atoms with Crippen molar-refractivity contribution in [3.05, 3.63) is 68.2 Å². The molecule has 0 unspecified atom stereocenters. The normalized spacial score (nSPS) is 16.2. The Morgan fingerprint density at radius 3 is 2.39 bits per heavy atom. The molecule has 0 saturated carbocycles. The quantitative estimate of drug-likeness (QED) is 0.543. The number of aryl methyl sites for hydroxylation is 1. The van der Waals surface area contributed by atoms with E-state index in [4.69, 9.17) is 11.6 Å². The number of sulfonamides is 1. The lowest BCUT2D eigenvalue weighted by Crippen LogP contribution is -2.48. The van der Waals surface area contributed by atoms with Gasteiger partial charge < -0.3 is 0 Å². The van der Waals surface area contributed by atoms with E-state index in [0.29, 0.717) is 48.9 Å². The Kier molecular flexibility index (Phi) is 6.04. The van der Waals surface area contributed by atoms with E-state index in [0.717, 1.165) is 11.6 Å². The molecule has 1 saturated heterocycles. The van der Waals surface area contributed by atoms with Crippen LogP contribution in [0.4, 0.5) is 5.69 Å². The molecular weight excluding hydrogens is 402 g/mol. The maximum Gasteiger partial charge on any atom is 0.271 e. The molecule has 1 aliphatic heterocycles. The molecule has 0 atom stereocenters. The van der Waals surface area contributed by atoms with Crippen molar-refractivity contribution in [2.45, 2.75) is 25.3 Å². The van der Waals surface area contributed by atoms with Gasteiger partial charge in [-0.15, -0.1) is 0 Å². The molecule has 0 N–H and O–H groups in total. The minimum absolute atomic E-state index is 0.0162. The molecular formula is C19H22ClN3O4S. The summed E-state index contributed by atoms with van der Waals surface area (Å²) in [7, 11) is -3.79. The van der Waals surface area contributed by atoms with Gasteiger partial charge in [-0.25, -0.2) is 8.42 Å². The summed E-state index contributed by atoms with van der Waals surface area (Å²) in [5, 5.41) is 11.8. The van der Waals surface area contributed by atoms with Crippen LogP contribution >= 0.6 is 11.6 Å². The smallest absolute Gasteiger partial charge is 0.271 e. The van der Waals surface area contributed by atoms with Crippen molar-refractivity contribution >= 4 is 27.3 Å². The minimum Gasteiger partial charge on any atom is -0.296 e. The molecule has 1 fully saturated rings. The number of nitrogens with zero attached hydrogens (tertiary/aromatic N) is 3. The lowest BCUT2D eigenvalue weighted by Gasteiger charge is -2.34. The number of hydrogen-bond donors (Lipinski definition) is 0. The maximum absolute atomic E-state index is 13.1. The Labute approximate surface area is 169 Å². The second-order valence-electron chi connectivity index (χ2n) is 6.95. The molecule has 2 aromatic carbocycles. The molecule has 0 bridgehead atoms. The minimum atomic E-state index is -3.79. The van der Waals surface area contributed by atoms with Crippen LogP contribution in [0.1, 0.15) is 16.7 Å². The predicted molar refractivity (Wildman–Crippen MR) is 108 cm³/mol. The molecule has 0 radical (unpaired) electrons. The molecule has 1 heterocycles. The number of nitro groups is 1. The number of halogens is 1. The fourth-order valence-electron chi connectivity index (χ4n) is 3.34. The molecule has 3 rings (SSSR count). The summed E-state index contributed by atoms with van der Waals surface area (Å²) < 4.78 is 27.6. The van der Waals surface area contributed by atoms with Gasteiger partial charge in [0.1, 0.15) is 0 Å². The Morgan fingerprint density at radius 2 is 1.79 bits per heavy atom. The van der Waals surface area contributed by atoms with Gasteiger partial charge in [0.25, 0.3) is 5.69 Å². The number of nitro benzene ring substituents is 1. The molecule has 2 aromatic rings. The van der Waals surface area contributed by atoms with Crippen molar-refractivity contribution in [3.8, 4) is 0 Å². The highest BCUT2D eigenvalue weighted by Crippen LogP contribution is 2.28. The Hall–Kier alpha value is -2.00. The van der Waals surface area contributed by atoms with Gasteiger partial charge in [-0.2, -0.15) is 4.31 Å². The highest BCUT2D eigenvalue weighted by molar-refractivity contribution is 7.89. The standard InChI is InChI=1S/C19H22ClN3O4S/c1-14-10-18(23(24)25)12-19(15(14)2)28(26,27)22-8-6-21(7-9-22)13-16-4-3-5-17(20)11-16/h3-5,10-12H,6-9,13H2,1-2H3. The summed E-state index contributed by atoms with van der Waals surface area (Å²) in [6, 6.07) is 10.2. The van der Waals surface area contributed by atoms with Crippen LogP contribution in [0, 0.1) is 24.0 Å². The number of piperazine rings is 1. The second-order valence-corrected chi connectivity index (χ2v) is 9.30. The third-order valence-electron chi connectivity index (χ3n) is 5.06. The van der Waals surface area contributed by atoms with Crippen LogP contribution in [-0.2, 0) is 16.6 Å². The average Bonchev–Trinajstić information content (AvgIpc) is 2.64. The first-order chi connectivity index (χ1) is 13.2. The largest absolute Gasteiger partial charge is 0.296 e. The topological polar surface area (TPSA) is 83.8 Å². The molecule has 1 aliphatic rings. The fraction of sp³-hybridized carbons (Fsp3) is 0.368. The molecule has 0 aliphatic carbocycles. The van der Waals surface area contributed by atoms with E-state index in [9.17, 15) is 18.5 Å². The van der Waals surface area contributed by atoms with E-state index >= 15 is 0 Å².